The van der Waals surface area contributed by atoms with E-state index in [2.05, 4.69) is 0 Å². The van der Waals surface area contributed by atoms with E-state index in [1.807, 2.05) is 0 Å². The van der Waals surface area contributed by atoms with Gasteiger partial charge in [-0.2, -0.15) is 0 Å². The van der Waals surface area contributed by atoms with E-state index in [9.17, 15) is 9.90 Å². The van der Waals surface area contributed by atoms with Gasteiger partial charge in [-0.15, -0.1) is 0 Å². The van der Waals surface area contributed by atoms with Crippen molar-refractivity contribution in [3.8, 4) is 5.75 Å². The maximum absolute atomic E-state index is 11.3. The second-order valence-corrected chi connectivity index (χ2v) is 3.56. The largest absolute Gasteiger partial charge is 0.497 e. The Labute approximate surface area is 92.1 Å². The summed E-state index contributed by atoms with van der Waals surface area (Å²) in [7, 11) is 1.54. The van der Waals surface area contributed by atoms with Gasteiger partial charge in [-0.25, -0.2) is 4.79 Å². The highest BCUT2D eigenvalue weighted by Gasteiger charge is 2.10. The zero-order chi connectivity index (χ0) is 11.7. The zero-order valence-corrected chi connectivity index (χ0v) is 9.06. The van der Waals surface area contributed by atoms with Gasteiger partial charge in [0.2, 0.25) is 0 Å². The molecule has 2 aromatic rings. The van der Waals surface area contributed by atoms with Crippen LogP contribution in [0.1, 0.15) is 18.6 Å². The van der Waals surface area contributed by atoms with Gasteiger partial charge in [0.25, 0.3) is 0 Å². The Bertz CT molecular complexity index is 569. The molecule has 0 saturated carbocycles. The first-order chi connectivity index (χ1) is 7.61. The predicted molar refractivity (Wildman–Crippen MR) is 59.7 cm³/mol. The summed E-state index contributed by atoms with van der Waals surface area (Å²) in [6.45, 7) is 1.61. The Hall–Kier alpha value is -1.81. The molecule has 0 amide bonds. The number of benzene rings is 1. The number of rotatable bonds is 2. The van der Waals surface area contributed by atoms with Crippen LogP contribution in [0.25, 0.3) is 11.0 Å². The topological polar surface area (TPSA) is 59.7 Å². The maximum atomic E-state index is 11.3. The van der Waals surface area contributed by atoms with Crippen molar-refractivity contribution in [1.82, 2.24) is 0 Å². The SMILES string of the molecule is COc1ccc2c(C(C)O)cc(=O)oc2c1. The molecular formula is C12H12O4. The van der Waals surface area contributed by atoms with Crippen molar-refractivity contribution in [2.75, 3.05) is 7.11 Å². The van der Waals surface area contributed by atoms with E-state index in [1.165, 1.54) is 13.2 Å². The van der Waals surface area contributed by atoms with Crippen LogP contribution < -0.4 is 10.4 Å². The Morgan fingerprint density at radius 1 is 1.38 bits per heavy atom. The summed E-state index contributed by atoms with van der Waals surface area (Å²) < 4.78 is 10.1. The zero-order valence-electron chi connectivity index (χ0n) is 9.06. The number of methoxy groups -OCH3 is 1. The molecule has 0 aliphatic heterocycles. The second kappa shape index (κ2) is 3.98. The number of hydrogen-bond acceptors (Lipinski definition) is 4. The predicted octanol–water partition coefficient (Wildman–Crippen LogP) is 1.85. The van der Waals surface area contributed by atoms with Crippen molar-refractivity contribution in [2.45, 2.75) is 13.0 Å². The van der Waals surface area contributed by atoms with Crippen molar-refractivity contribution in [2.24, 2.45) is 0 Å². The number of hydrogen-bond donors (Lipinski definition) is 1. The fourth-order valence-electron chi connectivity index (χ4n) is 1.64. The van der Waals surface area contributed by atoms with Gasteiger partial charge in [-0.1, -0.05) is 0 Å². The van der Waals surface area contributed by atoms with Crippen molar-refractivity contribution >= 4 is 11.0 Å². The van der Waals surface area contributed by atoms with Crippen LogP contribution in [0.3, 0.4) is 0 Å². The highest BCUT2D eigenvalue weighted by molar-refractivity contribution is 5.81. The summed E-state index contributed by atoms with van der Waals surface area (Å²) >= 11 is 0. The molecule has 1 heterocycles. The van der Waals surface area contributed by atoms with Crippen LogP contribution in [0.15, 0.2) is 33.5 Å². The lowest BCUT2D eigenvalue weighted by atomic mass is 10.1. The fraction of sp³-hybridized carbons (Fsp3) is 0.250. The van der Waals surface area contributed by atoms with E-state index in [4.69, 9.17) is 9.15 Å². The third-order valence-electron chi connectivity index (χ3n) is 2.43. The van der Waals surface area contributed by atoms with Crippen LogP contribution in [0.2, 0.25) is 0 Å². The summed E-state index contributed by atoms with van der Waals surface area (Å²) in [5, 5.41) is 10.3. The number of aliphatic hydroxyl groups is 1. The van der Waals surface area contributed by atoms with Crippen LogP contribution in [0.4, 0.5) is 0 Å². The lowest BCUT2D eigenvalue weighted by Crippen LogP contribution is -2.03. The van der Waals surface area contributed by atoms with Gasteiger partial charge in [-0.3, -0.25) is 0 Å². The summed E-state index contributed by atoms with van der Waals surface area (Å²) in [5.41, 5.74) is 0.508. The molecule has 84 valence electrons. The number of fused-ring (bicyclic) bond motifs is 1. The van der Waals surface area contributed by atoms with Crippen molar-refractivity contribution in [3.63, 3.8) is 0 Å². The second-order valence-electron chi connectivity index (χ2n) is 3.56. The molecule has 0 aliphatic carbocycles. The van der Waals surface area contributed by atoms with Gasteiger partial charge >= 0.3 is 5.63 Å². The summed E-state index contributed by atoms with van der Waals surface area (Å²) in [6.07, 6.45) is -0.708. The Balaban J connectivity index is 2.78. The molecule has 0 fully saturated rings. The van der Waals surface area contributed by atoms with E-state index in [0.717, 1.165) is 5.39 Å². The lowest BCUT2D eigenvalue weighted by molar-refractivity contribution is 0.200. The smallest absolute Gasteiger partial charge is 0.336 e. The average molecular weight is 220 g/mol. The van der Waals surface area contributed by atoms with Crippen LogP contribution in [-0.2, 0) is 0 Å². The minimum Gasteiger partial charge on any atom is -0.497 e. The Morgan fingerprint density at radius 3 is 2.75 bits per heavy atom. The summed E-state index contributed by atoms with van der Waals surface area (Å²) in [6, 6.07) is 6.45. The van der Waals surface area contributed by atoms with Gasteiger partial charge in [-0.05, 0) is 24.6 Å². The van der Waals surface area contributed by atoms with Gasteiger partial charge < -0.3 is 14.3 Å². The number of ether oxygens (including phenoxy) is 1. The first-order valence-corrected chi connectivity index (χ1v) is 4.91. The molecule has 16 heavy (non-hydrogen) atoms. The van der Waals surface area contributed by atoms with Crippen LogP contribution in [-0.4, -0.2) is 12.2 Å². The molecule has 2 rings (SSSR count). The van der Waals surface area contributed by atoms with Crippen LogP contribution in [0.5, 0.6) is 5.75 Å². The van der Waals surface area contributed by atoms with Crippen molar-refractivity contribution < 1.29 is 14.3 Å². The lowest BCUT2D eigenvalue weighted by Gasteiger charge is -2.08. The molecular weight excluding hydrogens is 208 g/mol. The quantitative estimate of drug-likeness (QED) is 0.785. The molecule has 0 radical (unpaired) electrons. The third-order valence-corrected chi connectivity index (χ3v) is 2.43. The minimum atomic E-state index is -0.708. The minimum absolute atomic E-state index is 0.419. The normalized spacial score (nSPS) is 12.7. The third kappa shape index (κ3) is 1.79. The van der Waals surface area contributed by atoms with E-state index in [0.29, 0.717) is 16.9 Å². The molecule has 1 aromatic carbocycles. The maximum Gasteiger partial charge on any atom is 0.336 e. The molecule has 0 bridgehead atoms. The van der Waals surface area contributed by atoms with E-state index in [-0.39, 0.29) is 0 Å². The molecule has 1 unspecified atom stereocenters. The molecule has 1 aromatic heterocycles. The fourth-order valence-corrected chi connectivity index (χ4v) is 1.64. The molecule has 0 saturated heterocycles. The van der Waals surface area contributed by atoms with Crippen molar-refractivity contribution in [3.05, 3.63) is 40.2 Å². The Kier molecular flexibility index (Phi) is 2.66. The standard InChI is InChI=1S/C12H12O4/c1-7(13)10-6-12(14)16-11-5-8(15-2)3-4-9(10)11/h3-7,13H,1-2H3. The van der Waals surface area contributed by atoms with Gasteiger partial charge in [0, 0.05) is 17.5 Å². The van der Waals surface area contributed by atoms with E-state index < -0.39 is 11.7 Å². The highest BCUT2D eigenvalue weighted by atomic mass is 16.5. The average Bonchev–Trinajstić information content (AvgIpc) is 2.26. The molecule has 0 aliphatic rings. The van der Waals surface area contributed by atoms with Crippen LogP contribution >= 0.6 is 0 Å². The van der Waals surface area contributed by atoms with Gasteiger partial charge in [0.05, 0.1) is 13.2 Å². The molecule has 1 N–H and O–H groups in total. The van der Waals surface area contributed by atoms with Gasteiger partial charge in [0.15, 0.2) is 0 Å². The van der Waals surface area contributed by atoms with Gasteiger partial charge in [0.1, 0.15) is 11.3 Å². The molecule has 0 spiro atoms. The highest BCUT2D eigenvalue weighted by Crippen LogP contribution is 2.25. The summed E-state index contributed by atoms with van der Waals surface area (Å²) in [5.74, 6) is 0.610. The monoisotopic (exact) mass is 220 g/mol. The molecule has 4 heteroatoms. The van der Waals surface area contributed by atoms with E-state index >= 15 is 0 Å². The van der Waals surface area contributed by atoms with Crippen LogP contribution in [0, 0.1) is 0 Å². The first kappa shape index (κ1) is 10.7. The first-order valence-electron chi connectivity index (χ1n) is 4.91. The number of aliphatic hydroxyl groups excluding tert-OH is 1. The summed E-state index contributed by atoms with van der Waals surface area (Å²) in [4.78, 5) is 11.3. The van der Waals surface area contributed by atoms with E-state index in [1.54, 1.807) is 25.1 Å². The Morgan fingerprint density at radius 2 is 2.12 bits per heavy atom. The van der Waals surface area contributed by atoms with Crippen molar-refractivity contribution in [1.29, 1.82) is 0 Å². The molecule has 1 atom stereocenters. The molecule has 4 nitrogen and oxygen atoms in total.